The number of aromatic nitrogens is 2. The van der Waals surface area contributed by atoms with Gasteiger partial charge in [0.05, 0.1) is 5.69 Å². The third-order valence-electron chi connectivity index (χ3n) is 3.29. The number of hydrogen-bond donors (Lipinski definition) is 1. The summed E-state index contributed by atoms with van der Waals surface area (Å²) in [6.45, 7) is 5.05. The maximum atomic E-state index is 10.3. The van der Waals surface area contributed by atoms with E-state index in [0.29, 0.717) is 5.88 Å². The van der Waals surface area contributed by atoms with Gasteiger partial charge in [0.2, 0.25) is 5.88 Å². The van der Waals surface area contributed by atoms with Gasteiger partial charge in [0.1, 0.15) is 0 Å². The molecule has 0 atom stereocenters. The van der Waals surface area contributed by atoms with Gasteiger partial charge in [-0.25, -0.2) is 4.68 Å². The number of unbranched alkanes of at least 4 members (excludes halogenated alkanes) is 1. The average Bonchev–Trinajstić information content (AvgIpc) is 2.75. The van der Waals surface area contributed by atoms with E-state index in [1.165, 1.54) is 0 Å². The smallest absolute Gasteiger partial charge is 0.213 e. The average molecular weight is 258 g/mol. The van der Waals surface area contributed by atoms with Gasteiger partial charge in [-0.2, -0.15) is 5.10 Å². The van der Waals surface area contributed by atoms with Crippen molar-refractivity contribution in [2.24, 2.45) is 0 Å². The van der Waals surface area contributed by atoms with Gasteiger partial charge in [-0.3, -0.25) is 0 Å². The molecule has 0 aliphatic carbocycles. The molecule has 0 bridgehead atoms. The fraction of sp³-hybridized carbons (Fsp3) is 0.438. The molecule has 0 saturated heterocycles. The lowest BCUT2D eigenvalue weighted by Gasteiger charge is -2.02. The Balaban J connectivity index is 2.41. The molecule has 2 rings (SSSR count). The monoisotopic (exact) mass is 258 g/mol. The molecule has 3 nitrogen and oxygen atoms in total. The molecule has 0 unspecified atom stereocenters. The minimum atomic E-state index is 0.342. The zero-order valence-corrected chi connectivity index (χ0v) is 11.8. The van der Waals surface area contributed by atoms with Crippen molar-refractivity contribution in [1.29, 1.82) is 0 Å². The van der Waals surface area contributed by atoms with Crippen LogP contribution in [0.2, 0.25) is 0 Å². The van der Waals surface area contributed by atoms with Crippen LogP contribution in [0.15, 0.2) is 30.3 Å². The molecule has 0 radical (unpaired) electrons. The van der Waals surface area contributed by atoms with Crippen LogP contribution < -0.4 is 0 Å². The summed E-state index contributed by atoms with van der Waals surface area (Å²) in [4.78, 5) is 0. The summed E-state index contributed by atoms with van der Waals surface area (Å²) < 4.78 is 1.75. The lowest BCUT2D eigenvalue weighted by atomic mass is 10.0. The topological polar surface area (TPSA) is 38.0 Å². The first-order valence-electron chi connectivity index (χ1n) is 7.12. The fourth-order valence-electron chi connectivity index (χ4n) is 2.26. The quantitative estimate of drug-likeness (QED) is 0.850. The van der Waals surface area contributed by atoms with Crippen LogP contribution in [0.5, 0.6) is 5.88 Å². The van der Waals surface area contributed by atoms with Gasteiger partial charge in [0.15, 0.2) is 0 Å². The van der Waals surface area contributed by atoms with Crippen molar-refractivity contribution in [1.82, 2.24) is 9.78 Å². The van der Waals surface area contributed by atoms with E-state index in [-0.39, 0.29) is 0 Å². The van der Waals surface area contributed by atoms with Crippen molar-refractivity contribution < 1.29 is 5.11 Å². The zero-order valence-electron chi connectivity index (χ0n) is 11.8. The molecule has 0 saturated carbocycles. The van der Waals surface area contributed by atoms with Crippen LogP contribution in [0.1, 0.15) is 38.7 Å². The molecule has 0 aliphatic rings. The molecule has 3 heteroatoms. The zero-order chi connectivity index (χ0) is 13.7. The first-order chi connectivity index (χ1) is 9.27. The van der Waals surface area contributed by atoms with E-state index in [4.69, 9.17) is 0 Å². The van der Waals surface area contributed by atoms with Gasteiger partial charge in [-0.1, -0.05) is 57.0 Å². The van der Waals surface area contributed by atoms with E-state index < -0.39 is 0 Å². The van der Waals surface area contributed by atoms with Gasteiger partial charge < -0.3 is 5.11 Å². The van der Waals surface area contributed by atoms with E-state index >= 15 is 0 Å². The van der Waals surface area contributed by atoms with Gasteiger partial charge in [0, 0.05) is 17.7 Å². The summed E-state index contributed by atoms with van der Waals surface area (Å²) >= 11 is 0. The second-order valence-corrected chi connectivity index (χ2v) is 4.84. The number of aryl methyl sites for hydroxylation is 1. The first kappa shape index (κ1) is 13.7. The fourth-order valence-corrected chi connectivity index (χ4v) is 2.26. The normalized spacial score (nSPS) is 10.8. The standard InChI is InChI=1S/C16H22N2O/c1-3-5-12-18-16(19)14(9-4-2)15(17-18)13-10-7-6-8-11-13/h6-8,10-11,19H,3-5,9,12H2,1-2H3. The van der Waals surface area contributed by atoms with Gasteiger partial charge in [0.25, 0.3) is 0 Å². The van der Waals surface area contributed by atoms with Crippen molar-refractivity contribution >= 4 is 0 Å². The predicted octanol–water partition coefficient (Wildman–Crippen LogP) is 4.01. The summed E-state index contributed by atoms with van der Waals surface area (Å²) in [5, 5.41) is 14.9. The number of nitrogens with zero attached hydrogens (tertiary/aromatic N) is 2. The van der Waals surface area contributed by atoms with Crippen LogP contribution in [0.25, 0.3) is 11.3 Å². The highest BCUT2D eigenvalue weighted by Gasteiger charge is 2.17. The largest absolute Gasteiger partial charge is 0.493 e. The molecule has 0 fully saturated rings. The Morgan fingerprint density at radius 3 is 2.47 bits per heavy atom. The van der Waals surface area contributed by atoms with Crippen LogP contribution >= 0.6 is 0 Å². The van der Waals surface area contributed by atoms with Crippen LogP contribution in [-0.2, 0) is 13.0 Å². The van der Waals surface area contributed by atoms with Crippen LogP contribution in [0.3, 0.4) is 0 Å². The molecular formula is C16H22N2O. The van der Waals surface area contributed by atoms with Crippen molar-refractivity contribution in [2.45, 2.75) is 46.1 Å². The predicted molar refractivity (Wildman–Crippen MR) is 78.2 cm³/mol. The first-order valence-corrected chi connectivity index (χ1v) is 7.12. The molecule has 0 amide bonds. The Hall–Kier alpha value is -1.77. The van der Waals surface area contributed by atoms with Crippen LogP contribution in [0.4, 0.5) is 0 Å². The summed E-state index contributed by atoms with van der Waals surface area (Å²) in [5.74, 6) is 0.342. The maximum Gasteiger partial charge on any atom is 0.213 e. The molecule has 1 aromatic carbocycles. The second-order valence-electron chi connectivity index (χ2n) is 4.84. The van der Waals surface area contributed by atoms with Gasteiger partial charge in [-0.15, -0.1) is 0 Å². The molecule has 2 aromatic rings. The third-order valence-corrected chi connectivity index (χ3v) is 3.29. The van der Waals surface area contributed by atoms with E-state index in [2.05, 4.69) is 18.9 Å². The second kappa shape index (κ2) is 6.41. The molecule has 1 heterocycles. The van der Waals surface area contributed by atoms with E-state index in [9.17, 15) is 5.11 Å². The number of rotatable bonds is 6. The lowest BCUT2D eigenvalue weighted by Crippen LogP contribution is -1.99. The molecule has 102 valence electrons. The number of aromatic hydroxyl groups is 1. The molecular weight excluding hydrogens is 236 g/mol. The summed E-state index contributed by atoms with van der Waals surface area (Å²) in [5.41, 5.74) is 2.98. The Bertz CT molecular complexity index is 517. The van der Waals surface area contributed by atoms with Crippen molar-refractivity contribution in [3.05, 3.63) is 35.9 Å². The van der Waals surface area contributed by atoms with E-state index in [0.717, 1.165) is 49.0 Å². The minimum absolute atomic E-state index is 0.342. The third kappa shape index (κ3) is 2.98. The van der Waals surface area contributed by atoms with Crippen LogP contribution in [-0.4, -0.2) is 14.9 Å². The highest BCUT2D eigenvalue weighted by molar-refractivity contribution is 5.65. The molecule has 1 aromatic heterocycles. The van der Waals surface area contributed by atoms with Crippen molar-refractivity contribution in [3.63, 3.8) is 0 Å². The molecule has 0 aliphatic heterocycles. The van der Waals surface area contributed by atoms with Gasteiger partial charge >= 0.3 is 0 Å². The number of hydrogen-bond acceptors (Lipinski definition) is 2. The minimum Gasteiger partial charge on any atom is -0.493 e. The van der Waals surface area contributed by atoms with Gasteiger partial charge in [-0.05, 0) is 12.8 Å². The summed E-state index contributed by atoms with van der Waals surface area (Å²) in [6, 6.07) is 10.1. The highest BCUT2D eigenvalue weighted by Crippen LogP contribution is 2.30. The van der Waals surface area contributed by atoms with E-state index in [1.54, 1.807) is 4.68 Å². The van der Waals surface area contributed by atoms with Crippen molar-refractivity contribution in [2.75, 3.05) is 0 Å². The molecule has 19 heavy (non-hydrogen) atoms. The highest BCUT2D eigenvalue weighted by atomic mass is 16.3. The Morgan fingerprint density at radius 1 is 1.11 bits per heavy atom. The van der Waals surface area contributed by atoms with E-state index in [1.807, 2.05) is 30.3 Å². The summed E-state index contributed by atoms with van der Waals surface area (Å²) in [6.07, 6.45) is 4.01. The van der Waals surface area contributed by atoms with Crippen molar-refractivity contribution in [3.8, 4) is 17.1 Å². The SMILES string of the molecule is CCCCn1nc(-c2ccccc2)c(CCC)c1O. The number of benzene rings is 1. The Morgan fingerprint density at radius 2 is 1.84 bits per heavy atom. The summed E-state index contributed by atoms with van der Waals surface area (Å²) in [7, 11) is 0. The Labute approximate surface area is 114 Å². The molecule has 0 spiro atoms. The molecule has 1 N–H and O–H groups in total. The van der Waals surface area contributed by atoms with Crippen LogP contribution in [0, 0.1) is 0 Å². The Kier molecular flexibility index (Phi) is 4.61. The lowest BCUT2D eigenvalue weighted by molar-refractivity contribution is 0.389. The maximum absolute atomic E-state index is 10.3.